The Morgan fingerprint density at radius 1 is 1.38 bits per heavy atom. The van der Waals surface area contributed by atoms with Gasteiger partial charge in [-0.05, 0) is 19.4 Å². The number of anilines is 1. The van der Waals surface area contributed by atoms with Crippen molar-refractivity contribution in [2.24, 2.45) is 0 Å². The minimum atomic E-state index is 0.680. The van der Waals surface area contributed by atoms with Gasteiger partial charge in [0.2, 0.25) is 0 Å². The number of nitrogens with zero attached hydrogens (tertiary/aromatic N) is 3. The second-order valence-electron chi connectivity index (χ2n) is 5.82. The molecule has 2 aliphatic rings. The van der Waals surface area contributed by atoms with Crippen molar-refractivity contribution in [3.8, 4) is 0 Å². The van der Waals surface area contributed by atoms with Crippen molar-refractivity contribution < 1.29 is 4.74 Å². The van der Waals surface area contributed by atoms with Crippen molar-refractivity contribution in [2.45, 2.75) is 32.4 Å². The van der Waals surface area contributed by atoms with Crippen LogP contribution < -0.4 is 10.2 Å². The molecule has 118 valence electrons. The summed E-state index contributed by atoms with van der Waals surface area (Å²) in [5.41, 5.74) is 0. The van der Waals surface area contributed by atoms with Crippen LogP contribution in [0.4, 0.5) is 5.13 Å². The third-order valence-electron chi connectivity index (χ3n) is 4.26. The van der Waals surface area contributed by atoms with Crippen LogP contribution in [0.1, 0.15) is 24.6 Å². The van der Waals surface area contributed by atoms with Crippen LogP contribution in [0.25, 0.3) is 0 Å². The molecule has 0 saturated carbocycles. The monoisotopic (exact) mass is 310 g/mol. The molecule has 2 fully saturated rings. The summed E-state index contributed by atoms with van der Waals surface area (Å²) in [6, 6.07) is 0.680. The Kier molecular flexibility index (Phi) is 5.46. The third kappa shape index (κ3) is 3.94. The molecule has 0 aliphatic carbocycles. The zero-order valence-corrected chi connectivity index (χ0v) is 13.7. The predicted octanol–water partition coefficient (Wildman–Crippen LogP) is 1.55. The summed E-state index contributed by atoms with van der Waals surface area (Å²) in [5, 5.41) is 4.64. The van der Waals surface area contributed by atoms with Gasteiger partial charge < -0.3 is 15.0 Å². The van der Waals surface area contributed by atoms with Gasteiger partial charge in [0, 0.05) is 49.8 Å². The molecule has 3 heterocycles. The highest BCUT2D eigenvalue weighted by Gasteiger charge is 2.29. The molecule has 0 bridgehead atoms. The van der Waals surface area contributed by atoms with E-state index in [1.165, 1.54) is 22.9 Å². The van der Waals surface area contributed by atoms with E-state index in [4.69, 9.17) is 4.74 Å². The van der Waals surface area contributed by atoms with Crippen molar-refractivity contribution in [1.29, 1.82) is 0 Å². The number of rotatable bonds is 6. The van der Waals surface area contributed by atoms with Crippen molar-refractivity contribution in [2.75, 3.05) is 50.8 Å². The second kappa shape index (κ2) is 7.54. The molecule has 6 heteroatoms. The van der Waals surface area contributed by atoms with Gasteiger partial charge in [-0.15, -0.1) is 11.3 Å². The zero-order valence-electron chi connectivity index (χ0n) is 12.9. The van der Waals surface area contributed by atoms with E-state index in [2.05, 4.69) is 27.0 Å². The molecule has 1 atom stereocenters. The quantitative estimate of drug-likeness (QED) is 0.808. The van der Waals surface area contributed by atoms with E-state index in [-0.39, 0.29) is 0 Å². The maximum Gasteiger partial charge on any atom is 0.185 e. The highest BCUT2D eigenvalue weighted by atomic mass is 32.1. The smallest absolute Gasteiger partial charge is 0.185 e. The van der Waals surface area contributed by atoms with E-state index in [1.807, 2.05) is 17.5 Å². The molecule has 5 nitrogen and oxygen atoms in total. The van der Waals surface area contributed by atoms with E-state index < -0.39 is 0 Å². The maximum absolute atomic E-state index is 5.45. The van der Waals surface area contributed by atoms with E-state index >= 15 is 0 Å². The summed E-state index contributed by atoms with van der Waals surface area (Å²) in [7, 11) is 0. The highest BCUT2D eigenvalue weighted by molar-refractivity contribution is 7.15. The molecule has 1 aromatic rings. The maximum atomic E-state index is 5.45. The number of ether oxygens (including phenoxy) is 1. The van der Waals surface area contributed by atoms with Gasteiger partial charge in [-0.25, -0.2) is 4.98 Å². The Balaban J connectivity index is 1.51. The van der Waals surface area contributed by atoms with Gasteiger partial charge >= 0.3 is 0 Å². The summed E-state index contributed by atoms with van der Waals surface area (Å²) in [6.07, 6.45) is 4.47. The fourth-order valence-electron chi connectivity index (χ4n) is 3.07. The van der Waals surface area contributed by atoms with Gasteiger partial charge in [0.05, 0.1) is 13.2 Å². The van der Waals surface area contributed by atoms with Crippen LogP contribution in [0, 0.1) is 0 Å². The first kappa shape index (κ1) is 15.2. The first-order valence-electron chi connectivity index (χ1n) is 8.09. The van der Waals surface area contributed by atoms with E-state index in [0.29, 0.717) is 6.04 Å². The lowest BCUT2D eigenvalue weighted by molar-refractivity contribution is 0.0209. The number of morpholine rings is 1. The van der Waals surface area contributed by atoms with Gasteiger partial charge in [0.1, 0.15) is 0 Å². The summed E-state index contributed by atoms with van der Waals surface area (Å²) >= 11 is 1.84. The zero-order chi connectivity index (χ0) is 14.5. The average molecular weight is 310 g/mol. The van der Waals surface area contributed by atoms with Gasteiger partial charge in [-0.2, -0.15) is 0 Å². The number of hydrogen-bond donors (Lipinski definition) is 1. The first-order valence-corrected chi connectivity index (χ1v) is 8.90. The minimum Gasteiger partial charge on any atom is -0.379 e. The Morgan fingerprint density at radius 2 is 2.24 bits per heavy atom. The largest absolute Gasteiger partial charge is 0.379 e. The van der Waals surface area contributed by atoms with Crippen LogP contribution >= 0.6 is 11.3 Å². The number of nitrogens with one attached hydrogen (secondary N) is 1. The van der Waals surface area contributed by atoms with E-state index in [9.17, 15) is 0 Å². The molecule has 0 radical (unpaired) electrons. The summed E-state index contributed by atoms with van der Waals surface area (Å²) in [4.78, 5) is 11.0. The third-order valence-corrected chi connectivity index (χ3v) is 5.32. The molecule has 1 unspecified atom stereocenters. The Bertz CT molecular complexity index is 433. The van der Waals surface area contributed by atoms with Crippen molar-refractivity contribution in [1.82, 2.24) is 15.2 Å². The normalized spacial score (nSPS) is 23.9. The van der Waals surface area contributed by atoms with Gasteiger partial charge in [0.25, 0.3) is 0 Å². The average Bonchev–Trinajstić information content (AvgIpc) is 3.17. The SMILES string of the molecule is CCCNCc1cnc(N2CCC(N3CCOCC3)C2)s1. The Hall–Kier alpha value is -0.690. The highest BCUT2D eigenvalue weighted by Crippen LogP contribution is 2.27. The number of aromatic nitrogens is 1. The lowest BCUT2D eigenvalue weighted by atomic mass is 10.2. The molecule has 1 aromatic heterocycles. The molecule has 1 N–H and O–H groups in total. The first-order chi connectivity index (χ1) is 10.4. The van der Waals surface area contributed by atoms with Crippen LogP contribution in [0.15, 0.2) is 6.20 Å². The molecule has 3 rings (SSSR count). The summed E-state index contributed by atoms with van der Waals surface area (Å²) in [6.45, 7) is 10.4. The molecule has 0 amide bonds. The van der Waals surface area contributed by atoms with Crippen molar-refractivity contribution >= 4 is 16.5 Å². The van der Waals surface area contributed by atoms with Crippen LogP contribution in [0.2, 0.25) is 0 Å². The molecular formula is C15H26N4OS. The fourth-order valence-corrected chi connectivity index (χ4v) is 3.98. The Morgan fingerprint density at radius 3 is 3.05 bits per heavy atom. The predicted molar refractivity (Wildman–Crippen MR) is 87.1 cm³/mol. The van der Waals surface area contributed by atoms with Crippen molar-refractivity contribution in [3.05, 3.63) is 11.1 Å². The van der Waals surface area contributed by atoms with Crippen molar-refractivity contribution in [3.63, 3.8) is 0 Å². The topological polar surface area (TPSA) is 40.6 Å². The molecule has 0 spiro atoms. The Labute approximate surface area is 131 Å². The molecular weight excluding hydrogens is 284 g/mol. The molecule has 2 aliphatic heterocycles. The minimum absolute atomic E-state index is 0.680. The van der Waals surface area contributed by atoms with Gasteiger partial charge in [-0.1, -0.05) is 6.92 Å². The lowest BCUT2D eigenvalue weighted by Crippen LogP contribution is -2.44. The van der Waals surface area contributed by atoms with E-state index in [1.54, 1.807) is 0 Å². The summed E-state index contributed by atoms with van der Waals surface area (Å²) < 4.78 is 5.45. The van der Waals surface area contributed by atoms with Crippen LogP contribution in [-0.2, 0) is 11.3 Å². The van der Waals surface area contributed by atoms with Crippen LogP contribution in [-0.4, -0.2) is 61.9 Å². The number of hydrogen-bond acceptors (Lipinski definition) is 6. The number of thiazole rings is 1. The van der Waals surface area contributed by atoms with E-state index in [0.717, 1.165) is 52.5 Å². The van der Waals surface area contributed by atoms with Crippen LogP contribution in [0.5, 0.6) is 0 Å². The lowest BCUT2D eigenvalue weighted by Gasteiger charge is -2.32. The summed E-state index contributed by atoms with van der Waals surface area (Å²) in [5.74, 6) is 0. The second-order valence-corrected chi connectivity index (χ2v) is 6.92. The molecule has 2 saturated heterocycles. The van der Waals surface area contributed by atoms with Crippen LogP contribution in [0.3, 0.4) is 0 Å². The molecule has 0 aromatic carbocycles. The van der Waals surface area contributed by atoms with Gasteiger partial charge in [0.15, 0.2) is 5.13 Å². The standard InChI is InChI=1S/C15H26N4OS/c1-2-4-16-10-14-11-17-15(21-14)19-5-3-13(12-19)18-6-8-20-9-7-18/h11,13,16H,2-10,12H2,1H3. The fraction of sp³-hybridized carbons (Fsp3) is 0.800. The molecule has 21 heavy (non-hydrogen) atoms. The van der Waals surface area contributed by atoms with Gasteiger partial charge in [-0.3, -0.25) is 4.90 Å².